The van der Waals surface area contributed by atoms with E-state index in [0.717, 1.165) is 6.07 Å². The first-order valence-corrected chi connectivity index (χ1v) is 9.46. The van der Waals surface area contributed by atoms with Gasteiger partial charge in [0.25, 0.3) is 11.6 Å². The van der Waals surface area contributed by atoms with Crippen LogP contribution >= 0.6 is 11.6 Å². The second-order valence-electron chi connectivity index (χ2n) is 6.92. The molecule has 9 heteroatoms. The maximum absolute atomic E-state index is 14.2. The van der Waals surface area contributed by atoms with Gasteiger partial charge in [0.05, 0.1) is 29.2 Å². The fraction of sp³-hybridized carbons (Fsp3) is 0.136. The van der Waals surface area contributed by atoms with Crippen LogP contribution in [0.3, 0.4) is 0 Å². The van der Waals surface area contributed by atoms with Gasteiger partial charge in [0.2, 0.25) is 0 Å². The Morgan fingerprint density at radius 3 is 2.74 bits per heavy atom. The first-order valence-electron chi connectivity index (χ1n) is 9.08. The smallest absolute Gasteiger partial charge is 0.277 e. The van der Waals surface area contributed by atoms with Crippen molar-refractivity contribution in [2.24, 2.45) is 0 Å². The van der Waals surface area contributed by atoms with E-state index >= 15 is 0 Å². The molecule has 31 heavy (non-hydrogen) atoms. The predicted molar refractivity (Wildman–Crippen MR) is 113 cm³/mol. The quantitative estimate of drug-likeness (QED) is 0.363. The molecule has 3 aromatic rings. The minimum atomic E-state index is -1.11. The molecule has 1 heterocycles. The molecular formula is C22H15ClFN3O4. The van der Waals surface area contributed by atoms with E-state index in [0.29, 0.717) is 5.56 Å². The van der Waals surface area contributed by atoms with Crippen LogP contribution in [0.25, 0.3) is 0 Å². The number of ether oxygens (including phenoxy) is 1. The van der Waals surface area contributed by atoms with Crippen molar-refractivity contribution in [2.45, 2.75) is 13.0 Å². The molecule has 1 unspecified atom stereocenters. The number of hydrogen-bond acceptors (Lipinski definition) is 5. The van der Waals surface area contributed by atoms with Crippen molar-refractivity contribution in [2.75, 3.05) is 17.7 Å². The lowest BCUT2D eigenvalue weighted by atomic mass is 9.92. The van der Waals surface area contributed by atoms with Crippen molar-refractivity contribution < 1.29 is 18.8 Å². The van der Waals surface area contributed by atoms with E-state index in [1.54, 1.807) is 19.1 Å². The Labute approximate surface area is 181 Å². The third kappa shape index (κ3) is 3.10. The number of halogens is 2. The number of nitro groups is 1. The lowest BCUT2D eigenvalue weighted by Gasteiger charge is -2.26. The summed E-state index contributed by atoms with van der Waals surface area (Å²) in [4.78, 5) is 26.1. The molecule has 1 atom stereocenters. The number of nitrogens with zero attached hydrogens (tertiary/aromatic N) is 2. The van der Waals surface area contributed by atoms with Gasteiger partial charge in [0.15, 0.2) is 5.75 Å². The fourth-order valence-corrected chi connectivity index (χ4v) is 4.06. The van der Waals surface area contributed by atoms with Crippen molar-refractivity contribution in [3.8, 4) is 5.75 Å². The third-order valence-corrected chi connectivity index (χ3v) is 5.61. The number of rotatable bonds is 4. The zero-order chi connectivity index (χ0) is 22.4. The van der Waals surface area contributed by atoms with Gasteiger partial charge in [-0.05, 0) is 48.9 Å². The zero-order valence-electron chi connectivity index (χ0n) is 16.4. The fourth-order valence-electron chi connectivity index (χ4n) is 3.84. The summed E-state index contributed by atoms with van der Waals surface area (Å²) in [7, 11) is 1.41. The molecule has 4 rings (SSSR count). The number of hydrogen-bond donors (Lipinski definition) is 1. The number of nitrogens with two attached hydrogens (primary N) is 1. The van der Waals surface area contributed by atoms with Crippen LogP contribution in [0.2, 0.25) is 5.02 Å². The summed E-state index contributed by atoms with van der Waals surface area (Å²) in [6.45, 7) is 1.60. The summed E-state index contributed by atoms with van der Waals surface area (Å²) in [5.41, 5.74) is 6.59. The zero-order valence-corrected chi connectivity index (χ0v) is 17.2. The molecule has 0 aromatic heterocycles. The topological polar surface area (TPSA) is 98.7 Å². The van der Waals surface area contributed by atoms with Crippen LogP contribution in [-0.2, 0) is 0 Å². The first-order chi connectivity index (χ1) is 14.8. The molecule has 2 N–H and O–H groups in total. The van der Waals surface area contributed by atoms with Crippen molar-refractivity contribution in [3.05, 3.63) is 91.7 Å². The van der Waals surface area contributed by atoms with Crippen LogP contribution in [0.1, 0.15) is 33.1 Å². The van der Waals surface area contributed by atoms with Crippen LogP contribution in [0, 0.1) is 35.0 Å². The lowest BCUT2D eigenvalue weighted by molar-refractivity contribution is -0.385. The van der Waals surface area contributed by atoms with Gasteiger partial charge < -0.3 is 10.5 Å². The van der Waals surface area contributed by atoms with Crippen LogP contribution < -0.4 is 15.4 Å². The van der Waals surface area contributed by atoms with E-state index in [-0.39, 0.29) is 44.5 Å². The summed E-state index contributed by atoms with van der Waals surface area (Å²) in [5, 5.41) is 12.0. The Balaban J connectivity index is 2.12. The summed E-state index contributed by atoms with van der Waals surface area (Å²) in [5.74, 6) is -0.890. The molecule has 0 saturated carbocycles. The Hall–Kier alpha value is -3.83. The maximum atomic E-state index is 14.2. The summed E-state index contributed by atoms with van der Waals surface area (Å²) in [6, 6.07) is 12.4. The van der Waals surface area contributed by atoms with Gasteiger partial charge in [-0.3, -0.25) is 19.8 Å². The molecule has 0 bridgehead atoms. The van der Waals surface area contributed by atoms with Crippen molar-refractivity contribution in [3.63, 3.8) is 0 Å². The van der Waals surface area contributed by atoms with Crippen molar-refractivity contribution >= 4 is 34.6 Å². The SMILES string of the molecule is COc1ccc#cc1N1C(=O)c2c(C)c(N)cc([N+](=O)[O-])c2C1c1cc(F)ccc1Cl. The molecular weight excluding hydrogens is 425 g/mol. The van der Waals surface area contributed by atoms with Crippen LogP contribution in [0.15, 0.2) is 36.4 Å². The molecule has 0 saturated heterocycles. The normalized spacial score (nSPS) is 14.9. The van der Waals surface area contributed by atoms with E-state index in [1.807, 2.05) is 0 Å². The maximum Gasteiger partial charge on any atom is 0.277 e. The van der Waals surface area contributed by atoms with Gasteiger partial charge in [0.1, 0.15) is 11.5 Å². The van der Waals surface area contributed by atoms with Gasteiger partial charge in [0, 0.05) is 22.3 Å². The molecule has 156 valence electrons. The highest BCUT2D eigenvalue weighted by atomic mass is 35.5. The van der Waals surface area contributed by atoms with Gasteiger partial charge >= 0.3 is 0 Å². The van der Waals surface area contributed by atoms with Gasteiger partial charge in [-0.15, -0.1) is 0 Å². The molecule has 0 spiro atoms. The Kier molecular flexibility index (Phi) is 4.91. The molecule has 3 aromatic carbocycles. The monoisotopic (exact) mass is 439 g/mol. The number of nitro benzene ring substituents is 1. The van der Waals surface area contributed by atoms with E-state index < -0.39 is 22.7 Å². The Morgan fingerprint density at radius 1 is 1.32 bits per heavy atom. The molecule has 0 fully saturated rings. The number of anilines is 2. The average molecular weight is 440 g/mol. The standard InChI is InChI=1S/C22H15ClFN3O4/c1-11-15(25)10-17(27(29)30)20-19(11)22(28)26(16-5-3-4-6-18(16)31-2)21(20)13-9-12(24)7-8-14(13)23/h4,6-10,21H,25H2,1-2H3. The summed E-state index contributed by atoms with van der Waals surface area (Å²) >= 11 is 6.37. The number of methoxy groups -OCH3 is 1. The number of nitrogen functional groups attached to an aromatic ring is 1. The largest absolute Gasteiger partial charge is 0.494 e. The van der Waals surface area contributed by atoms with E-state index in [9.17, 15) is 19.3 Å². The molecule has 1 aliphatic heterocycles. The number of fused-ring (bicyclic) bond motifs is 1. The van der Waals surface area contributed by atoms with Crippen LogP contribution in [-0.4, -0.2) is 17.9 Å². The Morgan fingerprint density at radius 2 is 2.06 bits per heavy atom. The highest BCUT2D eigenvalue weighted by Crippen LogP contribution is 2.50. The summed E-state index contributed by atoms with van der Waals surface area (Å²) < 4.78 is 19.6. The van der Waals surface area contributed by atoms with E-state index in [1.165, 1.54) is 30.2 Å². The van der Waals surface area contributed by atoms with Crippen molar-refractivity contribution in [1.29, 1.82) is 0 Å². The van der Waals surface area contributed by atoms with E-state index in [2.05, 4.69) is 12.1 Å². The molecule has 1 aliphatic rings. The minimum absolute atomic E-state index is 0.0661. The summed E-state index contributed by atoms with van der Waals surface area (Å²) in [6.07, 6.45) is 0. The molecule has 1 amide bonds. The second kappa shape index (κ2) is 7.45. The lowest BCUT2D eigenvalue weighted by Crippen LogP contribution is -2.29. The number of carbonyl (C=O) groups excluding carboxylic acids is 1. The third-order valence-electron chi connectivity index (χ3n) is 5.26. The second-order valence-corrected chi connectivity index (χ2v) is 7.33. The van der Waals surface area contributed by atoms with Crippen molar-refractivity contribution in [1.82, 2.24) is 0 Å². The van der Waals surface area contributed by atoms with Gasteiger partial charge in [-0.25, -0.2) is 4.39 Å². The van der Waals surface area contributed by atoms with Gasteiger partial charge in [-0.1, -0.05) is 17.7 Å². The molecule has 0 aliphatic carbocycles. The van der Waals surface area contributed by atoms with E-state index in [4.69, 9.17) is 22.1 Å². The number of amides is 1. The van der Waals surface area contributed by atoms with Crippen LogP contribution in [0.4, 0.5) is 21.5 Å². The molecule has 0 radical (unpaired) electrons. The number of benzene rings is 2. The number of carbonyl (C=O) groups is 1. The average Bonchev–Trinajstić information content (AvgIpc) is 3.05. The highest BCUT2D eigenvalue weighted by Gasteiger charge is 2.47. The first kappa shape index (κ1) is 20.4. The Bertz CT molecular complexity index is 1250. The predicted octanol–water partition coefficient (Wildman–Crippen LogP) is 4.64. The van der Waals surface area contributed by atoms with Gasteiger partial charge in [-0.2, -0.15) is 0 Å². The van der Waals surface area contributed by atoms with Crippen LogP contribution in [0.5, 0.6) is 5.75 Å². The minimum Gasteiger partial charge on any atom is -0.494 e. The molecule has 7 nitrogen and oxygen atoms in total. The highest BCUT2D eigenvalue weighted by molar-refractivity contribution is 6.31.